The predicted octanol–water partition coefficient (Wildman–Crippen LogP) is 2.81. The number of aromatic nitrogens is 3. The first-order valence-electron chi connectivity index (χ1n) is 13.5. The van der Waals surface area contributed by atoms with Gasteiger partial charge in [0.1, 0.15) is 24.2 Å². The third-order valence-electron chi connectivity index (χ3n) is 7.53. The molecule has 1 aliphatic rings. The molecule has 11 heteroatoms. The molecule has 2 aromatic heterocycles. The van der Waals surface area contributed by atoms with Gasteiger partial charge < -0.3 is 35.0 Å². The van der Waals surface area contributed by atoms with Crippen LogP contribution < -0.4 is 15.4 Å². The van der Waals surface area contributed by atoms with Crippen LogP contribution in [-0.2, 0) is 0 Å². The summed E-state index contributed by atoms with van der Waals surface area (Å²) in [5.74, 6) is 1.91. The number of nitrogens with one attached hydrogen (secondary N) is 2. The zero-order valence-corrected chi connectivity index (χ0v) is 24.1. The molecule has 2 heterocycles. The Kier molecular flexibility index (Phi) is 9.07. The molecule has 0 bridgehead atoms. The van der Waals surface area contributed by atoms with Crippen molar-refractivity contribution in [1.82, 2.24) is 30.7 Å². The summed E-state index contributed by atoms with van der Waals surface area (Å²) in [7, 11) is 5.16. The molecule has 0 aliphatic heterocycles. The number of rotatable bonds is 11. The second-order valence-electron chi connectivity index (χ2n) is 11.0. The lowest BCUT2D eigenvalue weighted by atomic mass is 9.60. The third-order valence-corrected chi connectivity index (χ3v) is 7.53. The van der Waals surface area contributed by atoms with Crippen LogP contribution in [0.15, 0.2) is 28.8 Å². The van der Waals surface area contributed by atoms with Crippen LogP contribution in [0.1, 0.15) is 41.5 Å². The highest BCUT2D eigenvalue weighted by Crippen LogP contribution is 2.51. The quantitative estimate of drug-likeness (QED) is 0.282. The van der Waals surface area contributed by atoms with E-state index in [9.17, 15) is 15.0 Å². The molecule has 3 aromatic rings. The number of hydrogen-bond acceptors (Lipinski definition) is 9. The summed E-state index contributed by atoms with van der Waals surface area (Å²) in [6.45, 7) is 6.73. The van der Waals surface area contributed by atoms with Crippen LogP contribution >= 0.6 is 0 Å². The molecule has 1 unspecified atom stereocenters. The van der Waals surface area contributed by atoms with E-state index in [2.05, 4.69) is 15.8 Å². The molecule has 2 amide bonds. The van der Waals surface area contributed by atoms with Crippen LogP contribution in [-0.4, -0.2) is 89.8 Å². The molecule has 11 nitrogen and oxygen atoms in total. The molecular formula is C29H40N6O5. The van der Waals surface area contributed by atoms with Gasteiger partial charge in [-0.3, -0.25) is 0 Å². The Morgan fingerprint density at radius 3 is 2.62 bits per heavy atom. The minimum Gasteiger partial charge on any atom is -0.491 e. The zero-order chi connectivity index (χ0) is 29.0. The molecule has 216 valence electrons. The van der Waals surface area contributed by atoms with Crippen molar-refractivity contribution in [2.24, 2.45) is 5.41 Å². The lowest BCUT2D eigenvalue weighted by molar-refractivity contribution is 0.0257. The number of aliphatic hydroxyl groups excluding tert-OH is 2. The van der Waals surface area contributed by atoms with E-state index in [1.54, 1.807) is 21.1 Å². The fourth-order valence-corrected chi connectivity index (χ4v) is 5.27. The van der Waals surface area contributed by atoms with Crippen LogP contribution in [0.4, 0.5) is 4.79 Å². The molecule has 0 spiro atoms. The number of benzene rings is 1. The van der Waals surface area contributed by atoms with E-state index in [-0.39, 0.29) is 25.2 Å². The monoisotopic (exact) mass is 552 g/mol. The van der Waals surface area contributed by atoms with Gasteiger partial charge in [0.15, 0.2) is 5.82 Å². The van der Waals surface area contributed by atoms with Gasteiger partial charge in [-0.1, -0.05) is 17.3 Å². The molecule has 1 fully saturated rings. The molecule has 40 heavy (non-hydrogen) atoms. The van der Waals surface area contributed by atoms with Crippen LogP contribution in [0.3, 0.4) is 0 Å². The number of likely N-dealkylation sites (N-methyl/N-ethyl adjacent to an activating group) is 1. The highest BCUT2D eigenvalue weighted by molar-refractivity contribution is 5.73. The minimum absolute atomic E-state index is 0.0241. The van der Waals surface area contributed by atoms with Crippen LogP contribution in [0.25, 0.3) is 22.6 Å². The molecule has 4 N–H and O–H groups in total. The van der Waals surface area contributed by atoms with Gasteiger partial charge >= 0.3 is 6.03 Å². The highest BCUT2D eigenvalue weighted by Gasteiger charge is 2.46. The largest absolute Gasteiger partial charge is 0.491 e. The Bertz CT molecular complexity index is 1310. The topological polar surface area (TPSA) is 146 Å². The number of aliphatic hydroxyl groups is 2. The Labute approximate surface area is 235 Å². The number of urea groups is 1. The molecule has 1 aliphatic carbocycles. The van der Waals surface area contributed by atoms with Crippen molar-refractivity contribution in [3.05, 3.63) is 47.0 Å². The number of ether oxygens (including phenoxy) is 1. The smallest absolute Gasteiger partial charge is 0.316 e. The summed E-state index contributed by atoms with van der Waals surface area (Å²) >= 11 is 0. The van der Waals surface area contributed by atoms with E-state index in [0.29, 0.717) is 43.3 Å². The maximum atomic E-state index is 12.1. The number of carbonyl (C=O) groups excluding carboxylic acids is 1. The van der Waals surface area contributed by atoms with Gasteiger partial charge in [-0.2, -0.15) is 0 Å². The summed E-state index contributed by atoms with van der Waals surface area (Å²) in [6, 6.07) is 7.33. The van der Waals surface area contributed by atoms with Gasteiger partial charge in [-0.25, -0.2) is 14.8 Å². The Morgan fingerprint density at radius 2 is 2.00 bits per heavy atom. The molecule has 1 atom stereocenters. The van der Waals surface area contributed by atoms with Crippen molar-refractivity contribution in [3.8, 4) is 28.4 Å². The molecule has 0 radical (unpaired) electrons. The first kappa shape index (κ1) is 29.4. The van der Waals surface area contributed by atoms with Gasteiger partial charge in [0.2, 0.25) is 0 Å². The fraction of sp³-hybridized carbons (Fsp3) is 0.517. The van der Waals surface area contributed by atoms with Crippen molar-refractivity contribution >= 4 is 6.03 Å². The molecule has 1 saturated carbocycles. The van der Waals surface area contributed by atoms with Crippen molar-refractivity contribution in [2.75, 3.05) is 47.4 Å². The van der Waals surface area contributed by atoms with Gasteiger partial charge in [0.25, 0.3) is 0 Å². The summed E-state index contributed by atoms with van der Waals surface area (Å²) in [4.78, 5) is 23.6. The second-order valence-corrected chi connectivity index (χ2v) is 11.0. The Morgan fingerprint density at radius 1 is 1.25 bits per heavy atom. The fourth-order valence-electron chi connectivity index (χ4n) is 5.27. The lowest BCUT2D eigenvalue weighted by Crippen LogP contribution is -2.50. The number of carbonyl (C=O) groups is 1. The maximum absolute atomic E-state index is 12.1. The average Bonchev–Trinajstić information content (AvgIpc) is 3.25. The number of aryl methyl sites for hydroxylation is 2. The number of amides is 2. The summed E-state index contributed by atoms with van der Waals surface area (Å²) < 4.78 is 11.3. The van der Waals surface area contributed by atoms with Gasteiger partial charge in [0.05, 0.1) is 29.3 Å². The standard InChI is InChI=1S/C29H40N6O5/c1-17-25(21-11-29(12-21,16-36)15-31-28(38)35(5)6)32-27(33-26(17)24-18(2)34-40-19(24)3)20-8-7-9-23(10-20)39-14-22(37)13-30-4/h7-10,21-22,30,36-37H,11-16H2,1-6H3,(H,31,38). The van der Waals surface area contributed by atoms with E-state index in [4.69, 9.17) is 19.2 Å². The van der Waals surface area contributed by atoms with Crippen molar-refractivity contribution in [3.63, 3.8) is 0 Å². The van der Waals surface area contributed by atoms with E-state index in [0.717, 1.165) is 33.8 Å². The Balaban J connectivity index is 1.68. The lowest BCUT2D eigenvalue weighted by Gasteiger charge is -2.47. The van der Waals surface area contributed by atoms with Gasteiger partial charge in [0, 0.05) is 44.1 Å². The number of nitrogens with zero attached hydrogens (tertiary/aromatic N) is 4. The highest BCUT2D eigenvalue weighted by atomic mass is 16.5. The van der Waals surface area contributed by atoms with Gasteiger partial charge in [-0.05, 0) is 58.4 Å². The first-order chi connectivity index (χ1) is 19.1. The SMILES string of the molecule is CNCC(O)COc1cccc(-c2nc(-c3c(C)noc3C)c(C)c(C3CC(CO)(CNC(=O)N(C)C)C3)n2)c1. The third kappa shape index (κ3) is 6.27. The van der Waals surface area contributed by atoms with E-state index in [1.165, 1.54) is 4.90 Å². The van der Waals surface area contributed by atoms with Crippen LogP contribution in [0.2, 0.25) is 0 Å². The van der Waals surface area contributed by atoms with E-state index < -0.39 is 11.5 Å². The predicted molar refractivity (Wildman–Crippen MR) is 151 cm³/mol. The van der Waals surface area contributed by atoms with Crippen molar-refractivity contribution in [1.29, 1.82) is 0 Å². The van der Waals surface area contributed by atoms with Crippen molar-refractivity contribution < 1.29 is 24.3 Å². The van der Waals surface area contributed by atoms with Crippen molar-refractivity contribution in [2.45, 2.75) is 45.6 Å². The van der Waals surface area contributed by atoms with E-state index in [1.807, 2.05) is 45.0 Å². The minimum atomic E-state index is -0.630. The maximum Gasteiger partial charge on any atom is 0.316 e. The molecule has 4 rings (SSSR count). The van der Waals surface area contributed by atoms with Crippen LogP contribution in [0, 0.1) is 26.2 Å². The molecule has 0 saturated heterocycles. The number of hydrogen-bond donors (Lipinski definition) is 4. The Hall–Kier alpha value is -3.54. The first-order valence-corrected chi connectivity index (χ1v) is 13.5. The molecule has 1 aromatic carbocycles. The summed E-state index contributed by atoms with van der Waals surface area (Å²) in [5, 5.41) is 30.3. The average molecular weight is 553 g/mol. The molecular weight excluding hydrogens is 512 g/mol. The van der Waals surface area contributed by atoms with Gasteiger partial charge in [-0.15, -0.1) is 0 Å². The van der Waals surface area contributed by atoms with E-state index >= 15 is 0 Å². The zero-order valence-electron chi connectivity index (χ0n) is 24.1. The normalized spacial score (nSPS) is 19.1. The van der Waals surface area contributed by atoms with Crippen LogP contribution in [0.5, 0.6) is 5.75 Å². The second kappa shape index (κ2) is 12.3. The summed E-state index contributed by atoms with van der Waals surface area (Å²) in [6.07, 6.45) is 0.735. The summed E-state index contributed by atoms with van der Waals surface area (Å²) in [5.41, 5.74) is 4.56.